The van der Waals surface area contributed by atoms with Crippen LogP contribution in [0.5, 0.6) is 0 Å². The fourth-order valence-electron chi connectivity index (χ4n) is 3.61. The van der Waals surface area contributed by atoms with E-state index in [1.807, 2.05) is 0 Å². The second kappa shape index (κ2) is 3.86. The van der Waals surface area contributed by atoms with Crippen LogP contribution in [0.4, 0.5) is 0 Å². The van der Waals surface area contributed by atoms with Crippen LogP contribution in [0.2, 0.25) is 0 Å². The van der Waals surface area contributed by atoms with E-state index in [1.54, 1.807) is 0 Å². The molecule has 0 aromatic carbocycles. The molecular weight excluding hydrogens is 236 g/mol. The molecule has 0 saturated carbocycles. The van der Waals surface area contributed by atoms with Gasteiger partial charge in [0.15, 0.2) is 0 Å². The maximum Gasteiger partial charge on any atom is 0.131 e. The van der Waals surface area contributed by atoms with Crippen LogP contribution in [-0.4, -0.2) is 11.2 Å². The Morgan fingerprint density at radius 2 is 2.11 bits per heavy atom. The van der Waals surface area contributed by atoms with Crippen molar-refractivity contribution in [3.63, 3.8) is 0 Å². The number of rotatable bonds is 0. The molecule has 0 aliphatic heterocycles. The second-order valence-electron chi connectivity index (χ2n) is 6.49. The van der Waals surface area contributed by atoms with E-state index in [0.717, 1.165) is 22.8 Å². The van der Waals surface area contributed by atoms with Gasteiger partial charge in [-0.3, -0.25) is 0 Å². The molecule has 4 atom stereocenters. The molecule has 4 unspecified atom stereocenters. The molecule has 1 N–H and O–H groups in total. The fraction of sp³-hybridized carbons (Fsp3) is 0.529. The van der Waals surface area contributed by atoms with Crippen LogP contribution < -0.4 is 10.8 Å². The monoisotopic (exact) mass is 258 g/mol. The van der Waals surface area contributed by atoms with Crippen molar-refractivity contribution in [1.82, 2.24) is 0 Å². The van der Waals surface area contributed by atoms with Gasteiger partial charge in [0.25, 0.3) is 0 Å². The summed E-state index contributed by atoms with van der Waals surface area (Å²) in [4.78, 5) is 0. The van der Waals surface area contributed by atoms with Crippen molar-refractivity contribution < 1.29 is 9.52 Å². The molecule has 0 spiro atoms. The molecule has 0 radical (unpaired) electrons. The summed E-state index contributed by atoms with van der Waals surface area (Å²) in [7, 11) is 0. The summed E-state index contributed by atoms with van der Waals surface area (Å²) >= 11 is 0. The fourth-order valence-corrected chi connectivity index (χ4v) is 3.61. The highest BCUT2D eigenvalue weighted by Crippen LogP contribution is 2.48. The van der Waals surface area contributed by atoms with Crippen LogP contribution in [0.15, 0.2) is 16.1 Å². The van der Waals surface area contributed by atoms with Crippen molar-refractivity contribution >= 4 is 12.7 Å². The third-order valence-corrected chi connectivity index (χ3v) is 5.39. The van der Waals surface area contributed by atoms with Crippen molar-refractivity contribution in [2.75, 3.05) is 0 Å². The van der Waals surface area contributed by atoms with E-state index in [0.29, 0.717) is 0 Å². The smallest absolute Gasteiger partial charge is 0.131 e. The predicted molar refractivity (Wildman–Crippen MR) is 76.9 cm³/mol. The molecule has 1 aromatic heterocycles. The summed E-state index contributed by atoms with van der Waals surface area (Å²) in [6.07, 6.45) is 5.02. The molecule has 1 aromatic rings. The highest BCUT2D eigenvalue weighted by atomic mass is 16.3. The zero-order valence-electron chi connectivity index (χ0n) is 12.2. The molecule has 19 heavy (non-hydrogen) atoms. The first-order valence-electron chi connectivity index (χ1n) is 7.04. The Kier molecular flexibility index (Phi) is 2.59. The van der Waals surface area contributed by atoms with E-state index in [9.17, 15) is 5.11 Å². The summed E-state index contributed by atoms with van der Waals surface area (Å²) in [6.45, 7) is 12.5. The zero-order chi connectivity index (χ0) is 13.9. The summed E-state index contributed by atoms with van der Waals surface area (Å²) < 4.78 is 5.76. The second-order valence-corrected chi connectivity index (χ2v) is 6.49. The normalized spacial score (nSPS) is 37.1. The molecule has 2 heteroatoms. The Balaban J connectivity index is 2.24. The van der Waals surface area contributed by atoms with Gasteiger partial charge in [-0.2, -0.15) is 0 Å². The van der Waals surface area contributed by atoms with E-state index in [2.05, 4.69) is 46.4 Å². The molecule has 0 bridgehead atoms. The highest BCUT2D eigenvalue weighted by Gasteiger charge is 2.45. The van der Waals surface area contributed by atoms with Gasteiger partial charge in [0.1, 0.15) is 10.8 Å². The van der Waals surface area contributed by atoms with Gasteiger partial charge in [-0.05, 0) is 36.5 Å². The van der Waals surface area contributed by atoms with Crippen LogP contribution >= 0.6 is 0 Å². The topological polar surface area (TPSA) is 33.4 Å². The van der Waals surface area contributed by atoms with Crippen molar-refractivity contribution in [3.8, 4) is 0 Å². The van der Waals surface area contributed by atoms with Crippen LogP contribution in [-0.2, 0) is 6.42 Å². The average Bonchev–Trinajstić information content (AvgIpc) is 2.62. The highest BCUT2D eigenvalue weighted by molar-refractivity contribution is 5.56. The van der Waals surface area contributed by atoms with Crippen LogP contribution in [0, 0.1) is 24.2 Å². The van der Waals surface area contributed by atoms with Gasteiger partial charge in [0, 0.05) is 16.9 Å². The first-order chi connectivity index (χ1) is 8.84. The standard InChI is InChI=1S/C17H22O2/c1-9-6-13-7-15-14(10(2)12(4)19-15)8-17(13,5)11(3)16(9)18/h6-7,9,11,16,18H,4,8H2,1-3,5H3. The predicted octanol–water partition coefficient (Wildman–Crippen LogP) is 1.91. The molecule has 2 aliphatic carbocycles. The summed E-state index contributed by atoms with van der Waals surface area (Å²) in [5.41, 5.74) is 5.46. The molecule has 0 saturated heterocycles. The van der Waals surface area contributed by atoms with Crippen LogP contribution in [0.1, 0.15) is 31.9 Å². The lowest BCUT2D eigenvalue weighted by atomic mass is 9.59. The molecule has 0 amide bonds. The van der Waals surface area contributed by atoms with Crippen molar-refractivity contribution in [1.29, 1.82) is 0 Å². The molecule has 2 aliphatic rings. The average molecular weight is 258 g/mol. The largest absolute Gasteiger partial charge is 0.457 e. The van der Waals surface area contributed by atoms with E-state index in [1.165, 1.54) is 11.1 Å². The van der Waals surface area contributed by atoms with E-state index in [-0.39, 0.29) is 23.4 Å². The Hall–Kier alpha value is -1.28. The zero-order valence-corrected chi connectivity index (χ0v) is 12.2. The number of furan rings is 1. The Labute approximate surface area is 114 Å². The number of hydrogen-bond donors (Lipinski definition) is 1. The summed E-state index contributed by atoms with van der Waals surface area (Å²) in [5.74, 6) is 0.445. The van der Waals surface area contributed by atoms with Crippen molar-refractivity contribution in [2.45, 2.75) is 40.2 Å². The van der Waals surface area contributed by atoms with Crippen molar-refractivity contribution in [2.24, 2.45) is 17.3 Å². The minimum Gasteiger partial charge on any atom is -0.457 e. The lowest BCUT2D eigenvalue weighted by Gasteiger charge is -2.46. The minimum absolute atomic E-state index is 0. The van der Waals surface area contributed by atoms with Gasteiger partial charge in [0.2, 0.25) is 0 Å². The number of hydrogen-bond acceptors (Lipinski definition) is 2. The van der Waals surface area contributed by atoms with Gasteiger partial charge < -0.3 is 9.52 Å². The number of fused-ring (bicyclic) bond motifs is 2. The quantitative estimate of drug-likeness (QED) is 0.771. The number of allylic oxidation sites excluding steroid dienone is 1. The maximum absolute atomic E-state index is 10.4. The Morgan fingerprint density at radius 3 is 2.79 bits per heavy atom. The van der Waals surface area contributed by atoms with Gasteiger partial charge in [-0.15, -0.1) is 0 Å². The van der Waals surface area contributed by atoms with Crippen LogP contribution in [0.3, 0.4) is 0 Å². The summed E-state index contributed by atoms with van der Waals surface area (Å²) in [5, 5.41) is 10.4. The van der Waals surface area contributed by atoms with Gasteiger partial charge >= 0.3 is 0 Å². The third kappa shape index (κ3) is 1.59. The van der Waals surface area contributed by atoms with Gasteiger partial charge in [-0.1, -0.05) is 33.4 Å². The minimum atomic E-state index is -0.268. The van der Waals surface area contributed by atoms with Crippen molar-refractivity contribution in [3.05, 3.63) is 33.6 Å². The molecule has 2 nitrogen and oxygen atoms in total. The van der Waals surface area contributed by atoms with E-state index >= 15 is 0 Å². The first-order valence-corrected chi connectivity index (χ1v) is 7.04. The summed E-state index contributed by atoms with van der Waals surface area (Å²) in [6, 6.07) is 0. The van der Waals surface area contributed by atoms with Gasteiger partial charge in [-0.25, -0.2) is 0 Å². The lowest BCUT2D eigenvalue weighted by Crippen LogP contribution is -2.45. The van der Waals surface area contributed by atoms with E-state index < -0.39 is 0 Å². The van der Waals surface area contributed by atoms with Crippen LogP contribution in [0.25, 0.3) is 12.7 Å². The lowest BCUT2D eigenvalue weighted by molar-refractivity contribution is 0.0175. The molecule has 1 heterocycles. The maximum atomic E-state index is 10.4. The van der Waals surface area contributed by atoms with Gasteiger partial charge in [0.05, 0.1) is 6.10 Å². The molecule has 102 valence electrons. The molecule has 3 rings (SSSR count). The number of aliphatic hydroxyl groups is 1. The SMILES string of the molecule is C=c1oc2c(c1C)CC1(C)C(=CC(C)C(O)C1C)C=2. The van der Waals surface area contributed by atoms with E-state index in [4.69, 9.17) is 4.42 Å². The Morgan fingerprint density at radius 1 is 1.42 bits per heavy atom. The first kappa shape index (κ1) is 12.7. The molecule has 0 fully saturated rings. The third-order valence-electron chi connectivity index (χ3n) is 5.39. The molecular formula is C17H22O2. The Bertz CT molecular complexity index is 664. The number of aliphatic hydroxyl groups excluding tert-OH is 1.